The van der Waals surface area contributed by atoms with Crippen LogP contribution in [0.25, 0.3) is 0 Å². The van der Waals surface area contributed by atoms with Crippen LogP contribution in [-0.4, -0.2) is 17.7 Å². The van der Waals surface area contributed by atoms with Crippen LogP contribution in [0.1, 0.15) is 29.3 Å². The Morgan fingerprint density at radius 2 is 1.76 bits per heavy atom. The molecule has 1 atom stereocenters. The van der Waals surface area contributed by atoms with Gasteiger partial charge < -0.3 is 5.32 Å². The fraction of sp³-hybridized carbons (Fsp3) is 0.278. The number of carbonyl (C=O) groups excluding carboxylic acids is 1. The average molecular weight is 299 g/mol. The Morgan fingerprint density at radius 1 is 1.10 bits per heavy atom. The lowest BCUT2D eigenvalue weighted by atomic mass is 10.2. The van der Waals surface area contributed by atoms with Crippen molar-refractivity contribution in [3.63, 3.8) is 0 Å². The highest BCUT2D eigenvalue weighted by Gasteiger charge is 2.12. The molecule has 2 aromatic carbocycles. The van der Waals surface area contributed by atoms with Crippen LogP contribution in [0.3, 0.4) is 0 Å². The Balaban J connectivity index is 1.88. The van der Waals surface area contributed by atoms with Crippen molar-refractivity contribution >= 4 is 17.7 Å². The molecule has 21 heavy (non-hydrogen) atoms. The van der Waals surface area contributed by atoms with Gasteiger partial charge in [-0.05, 0) is 37.6 Å². The summed E-state index contributed by atoms with van der Waals surface area (Å²) < 4.78 is 0. The lowest BCUT2D eigenvalue weighted by Gasteiger charge is -2.16. The van der Waals surface area contributed by atoms with Gasteiger partial charge in [0.2, 0.25) is 0 Å². The minimum atomic E-state index is 0.00644. The number of hydrogen-bond acceptors (Lipinski definition) is 2. The van der Waals surface area contributed by atoms with E-state index in [1.54, 1.807) is 11.8 Å². The molecule has 0 aliphatic heterocycles. The van der Waals surface area contributed by atoms with Gasteiger partial charge in [-0.25, -0.2) is 0 Å². The largest absolute Gasteiger partial charge is 0.348 e. The smallest absolute Gasteiger partial charge is 0.251 e. The summed E-state index contributed by atoms with van der Waals surface area (Å²) in [4.78, 5) is 13.4. The maximum atomic E-state index is 12.1. The number of thioether (sulfide) groups is 1. The average Bonchev–Trinajstić information content (AvgIpc) is 2.53. The van der Waals surface area contributed by atoms with Crippen LogP contribution in [0.5, 0.6) is 0 Å². The predicted molar refractivity (Wildman–Crippen MR) is 89.9 cm³/mol. The van der Waals surface area contributed by atoms with Crippen molar-refractivity contribution in [2.24, 2.45) is 0 Å². The molecule has 3 heteroatoms. The molecule has 0 fully saturated rings. The van der Waals surface area contributed by atoms with Crippen molar-refractivity contribution in [3.8, 4) is 0 Å². The van der Waals surface area contributed by atoms with Gasteiger partial charge in [-0.1, -0.05) is 42.8 Å². The summed E-state index contributed by atoms with van der Waals surface area (Å²) in [7, 11) is 0. The zero-order valence-electron chi connectivity index (χ0n) is 12.5. The van der Waals surface area contributed by atoms with E-state index in [1.807, 2.05) is 30.3 Å². The van der Waals surface area contributed by atoms with Crippen LogP contribution in [0.4, 0.5) is 0 Å². The lowest BCUT2D eigenvalue weighted by molar-refractivity contribution is 0.0940. The molecule has 0 unspecified atom stereocenters. The molecule has 0 bridgehead atoms. The highest BCUT2D eigenvalue weighted by atomic mass is 32.2. The van der Waals surface area contributed by atoms with Gasteiger partial charge in [0.1, 0.15) is 0 Å². The van der Waals surface area contributed by atoms with E-state index in [9.17, 15) is 4.79 Å². The molecular weight excluding hydrogens is 278 g/mol. The van der Waals surface area contributed by atoms with E-state index in [0.29, 0.717) is 0 Å². The van der Waals surface area contributed by atoms with Gasteiger partial charge in [-0.3, -0.25) is 4.79 Å². The van der Waals surface area contributed by atoms with Crippen LogP contribution >= 0.6 is 11.8 Å². The van der Waals surface area contributed by atoms with Gasteiger partial charge in [0.15, 0.2) is 0 Å². The Labute approximate surface area is 131 Å². The fourth-order valence-electron chi connectivity index (χ4n) is 1.95. The zero-order chi connectivity index (χ0) is 15.1. The van der Waals surface area contributed by atoms with E-state index in [0.717, 1.165) is 17.7 Å². The summed E-state index contributed by atoms with van der Waals surface area (Å²) in [6.45, 7) is 4.19. The summed E-state index contributed by atoms with van der Waals surface area (Å²) in [5.41, 5.74) is 1.99. The van der Waals surface area contributed by atoms with Gasteiger partial charge in [0.05, 0.1) is 0 Å². The Morgan fingerprint density at radius 3 is 2.38 bits per heavy atom. The van der Waals surface area contributed by atoms with Crippen molar-refractivity contribution in [1.82, 2.24) is 5.32 Å². The minimum Gasteiger partial charge on any atom is -0.348 e. The minimum absolute atomic E-state index is 0.00644. The lowest BCUT2D eigenvalue weighted by Crippen LogP contribution is -2.36. The molecule has 0 radical (unpaired) electrons. The highest BCUT2D eigenvalue weighted by Crippen LogP contribution is 2.20. The number of hydrogen-bond donors (Lipinski definition) is 1. The molecule has 0 heterocycles. The van der Waals surface area contributed by atoms with E-state index < -0.39 is 0 Å². The Bertz CT molecular complexity index is 566. The number of nitrogens with one attached hydrogen (secondary N) is 1. The highest BCUT2D eigenvalue weighted by molar-refractivity contribution is 7.99. The molecule has 2 rings (SSSR count). The van der Waals surface area contributed by atoms with Gasteiger partial charge in [-0.15, -0.1) is 11.8 Å². The molecule has 0 saturated heterocycles. The van der Waals surface area contributed by atoms with E-state index >= 15 is 0 Å². The van der Waals surface area contributed by atoms with Crippen molar-refractivity contribution in [1.29, 1.82) is 0 Å². The topological polar surface area (TPSA) is 29.1 Å². The van der Waals surface area contributed by atoms with E-state index in [2.05, 4.69) is 43.4 Å². The summed E-state index contributed by atoms with van der Waals surface area (Å²) >= 11 is 1.78. The van der Waals surface area contributed by atoms with Crippen LogP contribution in [0.2, 0.25) is 0 Å². The molecule has 2 nitrogen and oxygen atoms in total. The van der Waals surface area contributed by atoms with Gasteiger partial charge in [0, 0.05) is 22.3 Å². The Hall–Kier alpha value is -1.74. The molecule has 1 N–H and O–H groups in total. The number of amides is 1. The maximum Gasteiger partial charge on any atom is 0.251 e. The Kier molecular flexibility index (Phi) is 5.88. The standard InChI is InChI=1S/C18H21NOS/c1-3-16(13-21-17-11-9-14(2)10-12-17)19-18(20)15-7-5-4-6-8-15/h4-12,16H,3,13H2,1-2H3,(H,19,20)/t16-/m1/s1. The molecular formula is C18H21NOS. The fourth-order valence-corrected chi connectivity index (χ4v) is 2.99. The monoisotopic (exact) mass is 299 g/mol. The second-order valence-electron chi connectivity index (χ2n) is 5.07. The third kappa shape index (κ3) is 4.94. The SMILES string of the molecule is CC[C@H](CSc1ccc(C)cc1)NC(=O)c1ccccc1. The van der Waals surface area contributed by atoms with Crippen molar-refractivity contribution in [2.75, 3.05) is 5.75 Å². The van der Waals surface area contributed by atoms with E-state index in [4.69, 9.17) is 0 Å². The van der Waals surface area contributed by atoms with Crippen LogP contribution in [-0.2, 0) is 0 Å². The van der Waals surface area contributed by atoms with Crippen molar-refractivity contribution < 1.29 is 4.79 Å². The summed E-state index contributed by atoms with van der Waals surface area (Å²) in [5, 5.41) is 3.10. The third-order valence-corrected chi connectivity index (χ3v) is 4.51. The van der Waals surface area contributed by atoms with Crippen LogP contribution < -0.4 is 5.32 Å². The maximum absolute atomic E-state index is 12.1. The van der Waals surface area contributed by atoms with Gasteiger partial charge in [0.25, 0.3) is 5.91 Å². The van der Waals surface area contributed by atoms with Gasteiger partial charge in [-0.2, -0.15) is 0 Å². The second-order valence-corrected chi connectivity index (χ2v) is 6.16. The number of carbonyl (C=O) groups is 1. The molecule has 0 spiro atoms. The summed E-state index contributed by atoms with van der Waals surface area (Å²) in [6, 6.07) is 18.1. The normalized spacial score (nSPS) is 11.9. The molecule has 0 aromatic heterocycles. The molecule has 110 valence electrons. The number of aryl methyl sites for hydroxylation is 1. The van der Waals surface area contributed by atoms with E-state index in [-0.39, 0.29) is 11.9 Å². The quantitative estimate of drug-likeness (QED) is 0.806. The molecule has 2 aromatic rings. The molecule has 0 aliphatic rings. The predicted octanol–water partition coefficient (Wildman–Crippen LogP) is 4.30. The summed E-state index contributed by atoms with van der Waals surface area (Å²) in [6.07, 6.45) is 0.928. The van der Waals surface area contributed by atoms with Crippen LogP contribution in [0.15, 0.2) is 59.5 Å². The van der Waals surface area contributed by atoms with Crippen molar-refractivity contribution in [2.45, 2.75) is 31.2 Å². The zero-order valence-corrected chi connectivity index (χ0v) is 13.3. The third-order valence-electron chi connectivity index (χ3n) is 3.34. The molecule has 1 amide bonds. The second kappa shape index (κ2) is 7.89. The molecule has 0 saturated carbocycles. The van der Waals surface area contributed by atoms with Gasteiger partial charge >= 0.3 is 0 Å². The first kappa shape index (κ1) is 15.6. The van der Waals surface area contributed by atoms with Crippen molar-refractivity contribution in [3.05, 3.63) is 65.7 Å². The number of benzene rings is 2. The first-order valence-corrected chi connectivity index (χ1v) is 8.23. The molecule has 0 aliphatic carbocycles. The first-order valence-electron chi connectivity index (χ1n) is 7.24. The first-order chi connectivity index (χ1) is 10.2. The number of rotatable bonds is 6. The van der Waals surface area contributed by atoms with Crippen LogP contribution in [0, 0.1) is 6.92 Å². The van der Waals surface area contributed by atoms with E-state index in [1.165, 1.54) is 10.5 Å². The summed E-state index contributed by atoms with van der Waals surface area (Å²) in [5.74, 6) is 0.893.